The summed E-state index contributed by atoms with van der Waals surface area (Å²) in [5, 5.41) is 3.87. The van der Waals surface area contributed by atoms with Crippen molar-refractivity contribution >= 4 is 33.6 Å². The number of carbonyl (C=O) groups excluding carboxylic acids is 3. The summed E-state index contributed by atoms with van der Waals surface area (Å²) in [7, 11) is -2.36. The zero-order chi connectivity index (χ0) is 35.6. The van der Waals surface area contributed by atoms with Crippen molar-refractivity contribution in [3.63, 3.8) is 0 Å². The lowest BCUT2D eigenvalue weighted by molar-refractivity contribution is -0.868. The van der Waals surface area contributed by atoms with E-state index in [9.17, 15) is 22.8 Å². The molecule has 2 heterocycles. The number of quaternary nitrogens is 1. The maximum atomic E-state index is 13.8. The van der Waals surface area contributed by atoms with Gasteiger partial charge >= 0.3 is 5.91 Å². The van der Waals surface area contributed by atoms with E-state index in [1.807, 2.05) is 52.8 Å². The number of nitrogens with two attached hydrogens (primary N) is 1. The van der Waals surface area contributed by atoms with Crippen LogP contribution in [0.15, 0.2) is 51.9 Å². The highest BCUT2D eigenvalue weighted by Crippen LogP contribution is 2.37. The number of hydrogen-bond acceptors (Lipinski definition) is 7. The highest BCUT2D eigenvalue weighted by atomic mass is 32.2. The van der Waals surface area contributed by atoms with Gasteiger partial charge in [-0.1, -0.05) is 76.5 Å². The quantitative estimate of drug-likeness (QED) is 0.208. The molecule has 1 aliphatic rings. The Hall–Kier alpha value is -4.03. The molecule has 0 saturated carbocycles. The first-order chi connectivity index (χ1) is 22.4. The van der Waals surface area contributed by atoms with Crippen molar-refractivity contribution in [2.75, 3.05) is 18.3 Å². The van der Waals surface area contributed by atoms with Crippen molar-refractivity contribution in [3.8, 4) is 11.1 Å². The first-order valence-corrected chi connectivity index (χ1v) is 18.1. The van der Waals surface area contributed by atoms with Crippen LogP contribution in [0.4, 0.5) is 5.88 Å². The van der Waals surface area contributed by atoms with Crippen LogP contribution >= 0.6 is 0 Å². The van der Waals surface area contributed by atoms with Crippen LogP contribution in [0, 0.1) is 25.2 Å². The Labute approximate surface area is 284 Å². The third-order valence-corrected chi connectivity index (χ3v) is 11.0. The Bertz CT molecular complexity index is 1800. The number of hydrogen-bond donors (Lipinski definition) is 2. The predicted octanol–water partition coefficient (Wildman–Crippen LogP) is 5.69. The molecule has 4 rings (SSSR count). The molecule has 0 spiro atoms. The summed E-state index contributed by atoms with van der Waals surface area (Å²) in [5.41, 5.74) is 9.14. The lowest BCUT2D eigenvalue weighted by Gasteiger charge is -2.39. The summed E-state index contributed by atoms with van der Waals surface area (Å²) >= 11 is 0. The molecule has 3 aromatic rings. The van der Waals surface area contributed by atoms with Gasteiger partial charge in [-0.05, 0) is 49.9 Å². The largest absolute Gasteiger partial charge is 0.364 e. The predicted molar refractivity (Wildman–Crippen MR) is 185 cm³/mol. The van der Waals surface area contributed by atoms with Crippen LogP contribution in [-0.2, 0) is 37.5 Å². The van der Waals surface area contributed by atoms with Gasteiger partial charge in [-0.15, -0.1) is 0 Å². The summed E-state index contributed by atoms with van der Waals surface area (Å²) in [4.78, 5) is 41.8. The molecule has 48 heavy (non-hydrogen) atoms. The van der Waals surface area contributed by atoms with Gasteiger partial charge < -0.3 is 15.2 Å². The van der Waals surface area contributed by atoms with Gasteiger partial charge in [0.25, 0.3) is 15.9 Å². The third kappa shape index (κ3) is 7.49. The normalized spacial score (nSPS) is 16.6. The Morgan fingerprint density at radius 1 is 1.12 bits per heavy atom. The molecule has 12 heteroatoms. The Morgan fingerprint density at radius 3 is 2.38 bits per heavy atom. The number of benzene rings is 2. The van der Waals surface area contributed by atoms with Gasteiger partial charge in [-0.3, -0.25) is 9.59 Å². The Morgan fingerprint density at radius 2 is 1.81 bits per heavy atom. The van der Waals surface area contributed by atoms with Gasteiger partial charge in [0, 0.05) is 41.1 Å². The van der Waals surface area contributed by atoms with Gasteiger partial charge in [-0.2, -0.15) is 0 Å². The number of nitrogens with one attached hydrogen (secondary N) is 1. The molecule has 1 unspecified atom stereocenters. The fourth-order valence-corrected chi connectivity index (χ4v) is 8.00. The van der Waals surface area contributed by atoms with Crippen molar-refractivity contribution in [2.24, 2.45) is 17.1 Å². The van der Waals surface area contributed by atoms with Crippen LogP contribution in [-0.4, -0.2) is 60.3 Å². The van der Waals surface area contributed by atoms with E-state index in [0.717, 1.165) is 17.5 Å². The van der Waals surface area contributed by atoms with E-state index >= 15 is 0 Å². The van der Waals surface area contributed by atoms with Gasteiger partial charge in [0.05, 0.1) is 24.1 Å². The van der Waals surface area contributed by atoms with Crippen LogP contribution < -0.4 is 10.5 Å². The average Bonchev–Trinajstić information content (AvgIpc) is 3.46. The van der Waals surface area contributed by atoms with E-state index in [4.69, 9.17) is 10.3 Å². The molecule has 0 bridgehead atoms. The second-order valence-corrected chi connectivity index (χ2v) is 15.8. The highest BCUT2D eigenvalue weighted by molar-refractivity contribution is 7.92. The van der Waals surface area contributed by atoms with E-state index in [1.54, 1.807) is 44.0 Å². The summed E-state index contributed by atoms with van der Waals surface area (Å²) in [6.45, 7) is 14.1. The summed E-state index contributed by atoms with van der Waals surface area (Å²) in [6.07, 6.45) is 2.54. The van der Waals surface area contributed by atoms with Crippen LogP contribution in [0.25, 0.3) is 11.1 Å². The van der Waals surface area contributed by atoms with Gasteiger partial charge in [0.1, 0.15) is 6.54 Å². The lowest BCUT2D eigenvalue weighted by atomic mass is 9.92. The van der Waals surface area contributed by atoms with Crippen LogP contribution in [0.5, 0.6) is 0 Å². The van der Waals surface area contributed by atoms with Crippen LogP contribution in [0.2, 0.25) is 0 Å². The number of aryl methyl sites for hydroxylation is 1. The summed E-state index contributed by atoms with van der Waals surface area (Å²) in [6, 6.07) is 11.5. The highest BCUT2D eigenvalue weighted by Gasteiger charge is 2.45. The van der Waals surface area contributed by atoms with E-state index in [2.05, 4.69) is 9.88 Å². The third-order valence-electron chi connectivity index (χ3n) is 9.62. The lowest BCUT2D eigenvalue weighted by Crippen LogP contribution is -2.62. The van der Waals surface area contributed by atoms with E-state index in [-0.39, 0.29) is 46.1 Å². The first kappa shape index (κ1) is 36.8. The van der Waals surface area contributed by atoms with Crippen molar-refractivity contribution in [3.05, 3.63) is 64.8 Å². The molecule has 260 valence electrons. The van der Waals surface area contributed by atoms with Crippen LogP contribution in [0.1, 0.15) is 82.7 Å². The minimum Gasteiger partial charge on any atom is -0.364 e. The Balaban J connectivity index is 1.85. The molecule has 1 aromatic heterocycles. The molecule has 2 aromatic carbocycles. The maximum absolute atomic E-state index is 13.8. The molecular weight excluding hydrogens is 630 g/mol. The summed E-state index contributed by atoms with van der Waals surface area (Å²) in [5.74, 6) is -0.745. The minimum absolute atomic E-state index is 0.0153. The molecule has 1 saturated heterocycles. The van der Waals surface area contributed by atoms with Gasteiger partial charge in [0.15, 0.2) is 6.04 Å². The number of carbonyl (C=O) groups is 3. The van der Waals surface area contributed by atoms with Crippen molar-refractivity contribution < 1.29 is 31.8 Å². The SMILES string of the molecule is CCCCC(=O)[N+](C)(Cc1ccc(-c2ccccc2S(=O)(=O)Nc2onc(C)c2C)c(CN2CCC(C)(C)C2=O)c1)[C@H](C(N)=O)C(C)C. The average molecular weight is 681 g/mol. The first-order valence-electron chi connectivity index (χ1n) is 16.6. The molecular formula is C36H50N5O6S+. The summed E-state index contributed by atoms with van der Waals surface area (Å²) < 4.78 is 35.3. The van der Waals surface area contributed by atoms with Gasteiger partial charge in [-0.25, -0.2) is 22.4 Å². The smallest absolute Gasteiger partial charge is 0.314 e. The zero-order valence-electron chi connectivity index (χ0n) is 29.4. The molecule has 2 atom stereocenters. The maximum Gasteiger partial charge on any atom is 0.314 e. The topological polar surface area (TPSA) is 153 Å². The van der Waals surface area contributed by atoms with Crippen molar-refractivity contribution in [1.29, 1.82) is 0 Å². The number of likely N-dealkylation sites (N-methyl/N-ethyl adjacent to an activating group) is 1. The number of aromatic nitrogens is 1. The molecule has 0 radical (unpaired) electrons. The number of sulfonamides is 1. The van der Waals surface area contributed by atoms with Crippen molar-refractivity contribution in [1.82, 2.24) is 10.1 Å². The number of likely N-dealkylation sites (tertiary alicyclic amines) is 1. The number of primary amides is 1. The number of amides is 3. The van der Waals surface area contributed by atoms with Gasteiger partial charge in [0.2, 0.25) is 11.8 Å². The molecule has 11 nitrogen and oxygen atoms in total. The minimum atomic E-state index is -4.13. The second-order valence-electron chi connectivity index (χ2n) is 14.2. The number of nitrogens with zero attached hydrogens (tertiary/aromatic N) is 3. The van der Waals surface area contributed by atoms with Crippen LogP contribution in [0.3, 0.4) is 0 Å². The molecule has 0 aliphatic carbocycles. The molecule has 1 fully saturated rings. The fraction of sp³-hybridized carbons (Fsp3) is 0.500. The Kier molecular flexibility index (Phi) is 10.9. The number of rotatable bonds is 14. The van der Waals surface area contributed by atoms with E-state index in [0.29, 0.717) is 48.2 Å². The van der Waals surface area contributed by atoms with Crippen molar-refractivity contribution in [2.45, 2.75) is 98.2 Å². The number of anilines is 1. The zero-order valence-corrected chi connectivity index (χ0v) is 30.2. The van der Waals surface area contributed by atoms with E-state index in [1.165, 1.54) is 6.07 Å². The second kappa shape index (κ2) is 14.2. The molecule has 1 aliphatic heterocycles. The molecule has 3 amide bonds. The van der Waals surface area contributed by atoms with E-state index < -0.39 is 27.4 Å². The fourth-order valence-electron chi connectivity index (χ4n) is 6.73. The number of unbranched alkanes of at least 4 members (excludes halogenated alkanes) is 1. The molecule has 3 N–H and O–H groups in total. The standard InChI is InChI=1S/C36H49N5O6S/c1-9-10-15-31(42)41(8,32(23(2)3)33(37)43)22-26-16-17-28(27(20-26)21-40-19-18-36(6,7)35(40)44)29-13-11-12-14-30(29)48(45,46)39-34-24(4)25(5)38-47-34/h11-14,16-17,20,23,32H,9-10,15,18-19,21-22H2,1-8H3,(H2-,37,38,39,43)/p+1/t32-,41?/m0/s1. The monoisotopic (exact) mass is 680 g/mol.